The number of benzene rings is 7. The summed E-state index contributed by atoms with van der Waals surface area (Å²) in [6.45, 7) is 0. The fourth-order valence-corrected chi connectivity index (χ4v) is 9.79. The van der Waals surface area contributed by atoms with Gasteiger partial charge >= 0.3 is 0 Å². The zero-order valence-electron chi connectivity index (χ0n) is 28.2. The van der Waals surface area contributed by atoms with E-state index in [-0.39, 0.29) is 5.41 Å². The molecule has 0 radical (unpaired) electrons. The predicted octanol–water partition coefficient (Wildman–Crippen LogP) is 13.2. The monoisotopic (exact) mass is 641 g/mol. The van der Waals surface area contributed by atoms with Crippen molar-refractivity contribution in [3.05, 3.63) is 187 Å². The van der Waals surface area contributed by atoms with Gasteiger partial charge in [-0.1, -0.05) is 146 Å². The second-order valence-electron chi connectivity index (χ2n) is 14.5. The summed E-state index contributed by atoms with van der Waals surface area (Å²) >= 11 is 0. The molecule has 0 aliphatic heterocycles. The van der Waals surface area contributed by atoms with Crippen LogP contribution in [-0.4, -0.2) is 0 Å². The summed E-state index contributed by atoms with van der Waals surface area (Å²) in [5.41, 5.74) is 17.0. The molecule has 1 heteroatoms. The minimum absolute atomic E-state index is 0.113. The van der Waals surface area contributed by atoms with Gasteiger partial charge < -0.3 is 4.90 Å². The SMILES string of the molecule is c1ccc(-c2cccc(N(c3ccc4c(c3)[C@@]3(C[C@H]5CC[C@@H]3C5)c3ccccc3-4)c3ccc(-c4ccccc4)cc3-c3ccccc3)c2)cc1. The smallest absolute Gasteiger partial charge is 0.0540 e. The first-order chi connectivity index (χ1) is 24.8. The number of rotatable bonds is 6. The molecule has 1 nitrogen and oxygen atoms in total. The predicted molar refractivity (Wildman–Crippen MR) is 209 cm³/mol. The van der Waals surface area contributed by atoms with E-state index in [1.165, 1.54) is 87.1 Å². The molecule has 1 spiro atoms. The van der Waals surface area contributed by atoms with Crippen molar-refractivity contribution in [2.45, 2.75) is 31.1 Å². The second kappa shape index (κ2) is 11.7. The minimum Gasteiger partial charge on any atom is -0.310 e. The lowest BCUT2D eigenvalue weighted by molar-refractivity contribution is 0.327. The number of hydrogen-bond acceptors (Lipinski definition) is 1. The molecule has 240 valence electrons. The lowest BCUT2D eigenvalue weighted by atomic mass is 9.67. The maximum atomic E-state index is 2.57. The maximum Gasteiger partial charge on any atom is 0.0540 e. The Morgan fingerprint density at radius 1 is 0.420 bits per heavy atom. The average molecular weight is 642 g/mol. The molecular formula is C49H39N. The molecule has 0 heterocycles. The molecule has 0 aromatic heterocycles. The van der Waals surface area contributed by atoms with Crippen LogP contribution < -0.4 is 4.90 Å². The first-order valence-electron chi connectivity index (χ1n) is 18.2. The molecule has 7 aromatic rings. The van der Waals surface area contributed by atoms with E-state index in [2.05, 4.69) is 181 Å². The van der Waals surface area contributed by atoms with Crippen LogP contribution in [0.5, 0.6) is 0 Å². The van der Waals surface area contributed by atoms with Gasteiger partial charge in [-0.05, 0) is 118 Å². The van der Waals surface area contributed by atoms with Gasteiger partial charge in [0.25, 0.3) is 0 Å². The van der Waals surface area contributed by atoms with Crippen LogP contribution in [0, 0.1) is 11.8 Å². The van der Waals surface area contributed by atoms with Crippen molar-refractivity contribution >= 4 is 17.1 Å². The van der Waals surface area contributed by atoms with E-state index in [1.54, 1.807) is 5.56 Å². The van der Waals surface area contributed by atoms with Gasteiger partial charge in [-0.3, -0.25) is 0 Å². The zero-order valence-corrected chi connectivity index (χ0v) is 28.2. The number of anilines is 3. The molecule has 2 fully saturated rings. The molecule has 7 aromatic carbocycles. The third-order valence-electron chi connectivity index (χ3n) is 11.9. The van der Waals surface area contributed by atoms with E-state index in [4.69, 9.17) is 0 Å². The third kappa shape index (κ3) is 4.61. The lowest BCUT2D eigenvalue weighted by Gasteiger charge is -2.37. The van der Waals surface area contributed by atoms with Crippen molar-refractivity contribution in [2.75, 3.05) is 4.90 Å². The average Bonchev–Trinajstić information content (AvgIpc) is 3.89. The summed E-state index contributed by atoms with van der Waals surface area (Å²) in [6, 6.07) is 65.2. The van der Waals surface area contributed by atoms with Gasteiger partial charge in [0, 0.05) is 22.4 Å². The van der Waals surface area contributed by atoms with Crippen molar-refractivity contribution in [3.8, 4) is 44.5 Å². The first kappa shape index (κ1) is 29.3. The highest BCUT2D eigenvalue weighted by Gasteiger charge is 2.56. The summed E-state index contributed by atoms with van der Waals surface area (Å²) in [4.78, 5) is 2.52. The standard InChI is InChI=1S/C49H39N/c1-4-13-35(14-5-1)38-19-12-20-41(30-38)50(48-28-24-39(36-15-6-2-7-16-36)31-45(48)37-17-8-3-9-18-37)42-26-27-44-43-21-10-11-22-46(43)49(47(44)32-42)33-34-23-25-40(49)29-34/h1-22,24,26-28,30-32,34,40H,23,25,29,33H2/t34-,40+,49+/m0/s1. The lowest BCUT2D eigenvalue weighted by Crippen LogP contribution is -2.32. The minimum atomic E-state index is 0.113. The zero-order chi connectivity index (χ0) is 33.1. The fourth-order valence-electron chi connectivity index (χ4n) is 9.79. The van der Waals surface area contributed by atoms with E-state index in [1.807, 2.05) is 0 Å². The normalized spacial score (nSPS) is 19.8. The first-order valence-corrected chi connectivity index (χ1v) is 18.2. The quantitative estimate of drug-likeness (QED) is 0.175. The molecular weight excluding hydrogens is 603 g/mol. The Kier molecular flexibility index (Phi) is 6.88. The van der Waals surface area contributed by atoms with Gasteiger partial charge in [0.1, 0.15) is 0 Å². The van der Waals surface area contributed by atoms with Gasteiger partial charge in [0.2, 0.25) is 0 Å². The summed E-state index contributed by atoms with van der Waals surface area (Å²) in [5.74, 6) is 1.54. The molecule has 0 amide bonds. The van der Waals surface area contributed by atoms with E-state index < -0.39 is 0 Å². The molecule has 2 bridgehead atoms. The van der Waals surface area contributed by atoms with E-state index in [0.717, 1.165) is 11.6 Å². The van der Waals surface area contributed by atoms with Gasteiger partial charge in [0.15, 0.2) is 0 Å². The molecule has 0 unspecified atom stereocenters. The Morgan fingerprint density at radius 3 is 1.74 bits per heavy atom. The van der Waals surface area contributed by atoms with E-state index in [9.17, 15) is 0 Å². The molecule has 3 aliphatic carbocycles. The van der Waals surface area contributed by atoms with Gasteiger partial charge in [-0.25, -0.2) is 0 Å². The van der Waals surface area contributed by atoms with Crippen LogP contribution in [0.3, 0.4) is 0 Å². The van der Waals surface area contributed by atoms with E-state index >= 15 is 0 Å². The summed E-state index contributed by atoms with van der Waals surface area (Å²) in [7, 11) is 0. The molecule has 3 aliphatic rings. The van der Waals surface area contributed by atoms with Crippen molar-refractivity contribution < 1.29 is 0 Å². The van der Waals surface area contributed by atoms with Gasteiger partial charge in [0.05, 0.1) is 5.69 Å². The molecule has 0 saturated heterocycles. The highest BCUT2D eigenvalue weighted by atomic mass is 15.1. The Morgan fingerprint density at radius 2 is 1.04 bits per heavy atom. The Labute approximate surface area is 295 Å². The Hall–Kier alpha value is -5.66. The number of nitrogens with zero attached hydrogens (tertiary/aromatic N) is 1. The largest absolute Gasteiger partial charge is 0.310 e. The Balaban J connectivity index is 1.21. The number of fused-ring (bicyclic) bond motifs is 8. The summed E-state index contributed by atoms with van der Waals surface area (Å²) in [5, 5.41) is 0. The van der Waals surface area contributed by atoms with Crippen LogP contribution >= 0.6 is 0 Å². The van der Waals surface area contributed by atoms with Gasteiger partial charge in [-0.2, -0.15) is 0 Å². The second-order valence-corrected chi connectivity index (χ2v) is 14.5. The van der Waals surface area contributed by atoms with E-state index in [0.29, 0.717) is 5.92 Å². The van der Waals surface area contributed by atoms with Gasteiger partial charge in [-0.15, -0.1) is 0 Å². The molecule has 10 rings (SSSR count). The number of hydrogen-bond donors (Lipinski definition) is 0. The van der Waals surface area contributed by atoms with Crippen LogP contribution in [0.15, 0.2) is 176 Å². The van der Waals surface area contributed by atoms with Crippen molar-refractivity contribution in [1.29, 1.82) is 0 Å². The van der Waals surface area contributed by atoms with Crippen molar-refractivity contribution in [1.82, 2.24) is 0 Å². The highest BCUT2D eigenvalue weighted by Crippen LogP contribution is 2.66. The topological polar surface area (TPSA) is 3.24 Å². The van der Waals surface area contributed by atoms with Crippen molar-refractivity contribution in [3.63, 3.8) is 0 Å². The molecule has 3 atom stereocenters. The summed E-state index contributed by atoms with van der Waals surface area (Å²) < 4.78 is 0. The van der Waals surface area contributed by atoms with Crippen molar-refractivity contribution in [2.24, 2.45) is 11.8 Å². The molecule has 2 saturated carbocycles. The summed E-state index contributed by atoms with van der Waals surface area (Å²) in [6.07, 6.45) is 5.36. The van der Waals surface area contributed by atoms with Crippen LogP contribution in [0.2, 0.25) is 0 Å². The maximum absolute atomic E-state index is 2.57. The molecule has 0 N–H and O–H groups in total. The van der Waals surface area contributed by atoms with Crippen LogP contribution in [0.1, 0.15) is 36.8 Å². The Bertz CT molecular complexity index is 2340. The molecule has 50 heavy (non-hydrogen) atoms. The van der Waals surface area contributed by atoms with Crippen LogP contribution in [0.4, 0.5) is 17.1 Å². The fraction of sp³-hybridized carbons (Fsp3) is 0.143. The van der Waals surface area contributed by atoms with Crippen LogP contribution in [-0.2, 0) is 5.41 Å². The highest BCUT2D eigenvalue weighted by molar-refractivity contribution is 5.93. The third-order valence-corrected chi connectivity index (χ3v) is 11.9. The van der Waals surface area contributed by atoms with Crippen LogP contribution in [0.25, 0.3) is 44.5 Å².